The highest BCUT2D eigenvalue weighted by Gasteiger charge is 2.02. The van der Waals surface area contributed by atoms with Gasteiger partial charge in [-0.1, -0.05) is 36.8 Å². The lowest BCUT2D eigenvalue weighted by Gasteiger charge is -2.19. The molecule has 0 aliphatic heterocycles. The van der Waals surface area contributed by atoms with Gasteiger partial charge in [0.25, 0.3) is 0 Å². The van der Waals surface area contributed by atoms with Gasteiger partial charge in [0.05, 0.1) is 0 Å². The van der Waals surface area contributed by atoms with Crippen LogP contribution in [0.4, 0.5) is 0 Å². The van der Waals surface area contributed by atoms with Crippen LogP contribution in [0.1, 0.15) is 24.5 Å². The minimum absolute atomic E-state index is 0.282. The summed E-state index contributed by atoms with van der Waals surface area (Å²) < 4.78 is 0. The molecule has 0 fully saturated rings. The molecule has 1 aromatic rings. The fourth-order valence-electron chi connectivity index (χ4n) is 1.59. The summed E-state index contributed by atoms with van der Waals surface area (Å²) in [5.41, 5.74) is 2.65. The van der Waals surface area contributed by atoms with Gasteiger partial charge in [0.2, 0.25) is 0 Å². The number of nitrogens with zero attached hydrogens (tertiary/aromatic N) is 1. The predicted octanol–water partition coefficient (Wildman–Crippen LogP) is 2.20. The maximum atomic E-state index is 8.79. The van der Waals surface area contributed by atoms with Gasteiger partial charge in [0, 0.05) is 19.7 Å². The first kappa shape index (κ1) is 12.2. The van der Waals surface area contributed by atoms with E-state index in [0.717, 1.165) is 26.1 Å². The van der Waals surface area contributed by atoms with Gasteiger partial charge in [-0.05, 0) is 25.5 Å². The molecule has 0 saturated heterocycles. The van der Waals surface area contributed by atoms with Crippen molar-refractivity contribution in [3.05, 3.63) is 35.4 Å². The van der Waals surface area contributed by atoms with Crippen LogP contribution in [0.2, 0.25) is 0 Å². The molecule has 0 radical (unpaired) electrons. The average Bonchev–Trinajstić information content (AvgIpc) is 2.27. The monoisotopic (exact) mass is 207 g/mol. The van der Waals surface area contributed by atoms with E-state index in [2.05, 4.69) is 43.0 Å². The molecule has 84 valence electrons. The highest BCUT2D eigenvalue weighted by Crippen LogP contribution is 2.07. The molecule has 0 aliphatic carbocycles. The van der Waals surface area contributed by atoms with E-state index in [0.29, 0.717) is 0 Å². The molecule has 1 N–H and O–H groups in total. The van der Waals surface area contributed by atoms with Crippen LogP contribution in [0.3, 0.4) is 0 Å². The summed E-state index contributed by atoms with van der Waals surface area (Å²) in [7, 11) is 0. The lowest BCUT2D eigenvalue weighted by atomic mass is 10.1. The van der Waals surface area contributed by atoms with Crippen molar-refractivity contribution in [3.8, 4) is 0 Å². The Hall–Kier alpha value is -0.860. The van der Waals surface area contributed by atoms with E-state index >= 15 is 0 Å². The standard InChI is InChI=1S/C13H21NO/c1-3-14(9-4-10-15)11-13-7-5-12(2)6-8-13/h5-8,15H,3-4,9-11H2,1-2H3. The molecule has 1 aromatic carbocycles. The van der Waals surface area contributed by atoms with Crippen molar-refractivity contribution in [1.82, 2.24) is 4.90 Å². The summed E-state index contributed by atoms with van der Waals surface area (Å²) >= 11 is 0. The highest BCUT2D eigenvalue weighted by molar-refractivity contribution is 5.21. The van der Waals surface area contributed by atoms with Gasteiger partial charge in [0.15, 0.2) is 0 Å². The summed E-state index contributed by atoms with van der Waals surface area (Å²) in [6, 6.07) is 8.65. The molecule has 0 aromatic heterocycles. The minimum atomic E-state index is 0.282. The zero-order valence-corrected chi connectivity index (χ0v) is 9.74. The third-order valence-electron chi connectivity index (χ3n) is 2.61. The lowest BCUT2D eigenvalue weighted by molar-refractivity contribution is 0.225. The van der Waals surface area contributed by atoms with Gasteiger partial charge >= 0.3 is 0 Å². The second-order valence-electron chi connectivity index (χ2n) is 3.93. The summed E-state index contributed by atoms with van der Waals surface area (Å²) in [4.78, 5) is 2.35. The van der Waals surface area contributed by atoms with E-state index in [4.69, 9.17) is 5.11 Å². The molecule has 15 heavy (non-hydrogen) atoms. The topological polar surface area (TPSA) is 23.5 Å². The quantitative estimate of drug-likeness (QED) is 0.773. The van der Waals surface area contributed by atoms with Crippen LogP contribution in [0, 0.1) is 6.92 Å². The fraction of sp³-hybridized carbons (Fsp3) is 0.538. The second-order valence-corrected chi connectivity index (χ2v) is 3.93. The van der Waals surface area contributed by atoms with Gasteiger partial charge in [-0.25, -0.2) is 0 Å². The molecule has 0 amide bonds. The number of hydrogen-bond donors (Lipinski definition) is 1. The van der Waals surface area contributed by atoms with Crippen LogP contribution < -0.4 is 0 Å². The zero-order chi connectivity index (χ0) is 11.1. The van der Waals surface area contributed by atoms with E-state index in [1.807, 2.05) is 0 Å². The number of aliphatic hydroxyl groups excluding tert-OH is 1. The molecular formula is C13H21NO. The molecule has 0 atom stereocenters. The summed E-state index contributed by atoms with van der Waals surface area (Å²) in [5.74, 6) is 0. The van der Waals surface area contributed by atoms with Gasteiger partial charge in [-0.3, -0.25) is 4.90 Å². The Balaban J connectivity index is 2.47. The third-order valence-corrected chi connectivity index (χ3v) is 2.61. The number of rotatable bonds is 6. The Morgan fingerprint density at radius 1 is 1.20 bits per heavy atom. The smallest absolute Gasteiger partial charge is 0.0443 e. The number of aliphatic hydroxyl groups is 1. The largest absolute Gasteiger partial charge is 0.396 e. The summed E-state index contributed by atoms with van der Waals surface area (Å²) in [6.07, 6.45) is 0.861. The van der Waals surface area contributed by atoms with Gasteiger partial charge in [-0.15, -0.1) is 0 Å². The van der Waals surface area contributed by atoms with Crippen LogP contribution in [0.5, 0.6) is 0 Å². The van der Waals surface area contributed by atoms with Crippen molar-refractivity contribution in [2.75, 3.05) is 19.7 Å². The maximum Gasteiger partial charge on any atom is 0.0443 e. The van der Waals surface area contributed by atoms with E-state index in [9.17, 15) is 0 Å². The van der Waals surface area contributed by atoms with Crippen molar-refractivity contribution in [2.45, 2.75) is 26.8 Å². The third kappa shape index (κ3) is 4.45. The molecular weight excluding hydrogens is 186 g/mol. The van der Waals surface area contributed by atoms with Crippen molar-refractivity contribution < 1.29 is 5.11 Å². The first-order chi connectivity index (χ1) is 7.26. The normalized spacial score (nSPS) is 10.9. The molecule has 0 heterocycles. The molecule has 0 saturated carbocycles. The van der Waals surface area contributed by atoms with Crippen molar-refractivity contribution in [2.24, 2.45) is 0 Å². The fourth-order valence-corrected chi connectivity index (χ4v) is 1.59. The van der Waals surface area contributed by atoms with E-state index in [1.54, 1.807) is 0 Å². The molecule has 0 spiro atoms. The summed E-state index contributed by atoms with van der Waals surface area (Å²) in [6.45, 7) is 7.54. The lowest BCUT2D eigenvalue weighted by Crippen LogP contribution is -2.24. The van der Waals surface area contributed by atoms with Gasteiger partial charge in [-0.2, -0.15) is 0 Å². The predicted molar refractivity (Wildman–Crippen MR) is 63.8 cm³/mol. The Labute approximate surface area is 92.5 Å². The SMILES string of the molecule is CCN(CCCO)Cc1ccc(C)cc1. The number of aryl methyl sites for hydroxylation is 1. The zero-order valence-electron chi connectivity index (χ0n) is 9.74. The van der Waals surface area contributed by atoms with Crippen molar-refractivity contribution >= 4 is 0 Å². The van der Waals surface area contributed by atoms with Crippen LogP contribution in [0.15, 0.2) is 24.3 Å². The van der Waals surface area contributed by atoms with E-state index < -0.39 is 0 Å². The molecule has 2 nitrogen and oxygen atoms in total. The molecule has 0 bridgehead atoms. The number of hydrogen-bond acceptors (Lipinski definition) is 2. The Morgan fingerprint density at radius 2 is 1.87 bits per heavy atom. The molecule has 2 heteroatoms. The first-order valence-corrected chi connectivity index (χ1v) is 5.65. The first-order valence-electron chi connectivity index (χ1n) is 5.65. The Morgan fingerprint density at radius 3 is 2.40 bits per heavy atom. The Bertz CT molecular complexity index is 268. The molecule has 0 unspecified atom stereocenters. The Kier molecular flexibility index (Phi) is 5.37. The molecule has 1 rings (SSSR count). The van der Waals surface area contributed by atoms with Crippen molar-refractivity contribution in [1.29, 1.82) is 0 Å². The van der Waals surface area contributed by atoms with Crippen LogP contribution in [-0.4, -0.2) is 29.7 Å². The van der Waals surface area contributed by atoms with Crippen molar-refractivity contribution in [3.63, 3.8) is 0 Å². The van der Waals surface area contributed by atoms with E-state index in [1.165, 1.54) is 11.1 Å². The summed E-state index contributed by atoms with van der Waals surface area (Å²) in [5, 5.41) is 8.79. The highest BCUT2D eigenvalue weighted by atomic mass is 16.3. The van der Waals surface area contributed by atoms with Gasteiger partial charge < -0.3 is 5.11 Å². The van der Waals surface area contributed by atoms with Crippen LogP contribution in [-0.2, 0) is 6.54 Å². The second kappa shape index (κ2) is 6.59. The van der Waals surface area contributed by atoms with Crippen LogP contribution in [0.25, 0.3) is 0 Å². The molecule has 0 aliphatic rings. The van der Waals surface area contributed by atoms with Crippen LogP contribution >= 0.6 is 0 Å². The number of benzene rings is 1. The van der Waals surface area contributed by atoms with E-state index in [-0.39, 0.29) is 6.61 Å². The minimum Gasteiger partial charge on any atom is -0.396 e. The maximum absolute atomic E-state index is 8.79. The van der Waals surface area contributed by atoms with Gasteiger partial charge in [0.1, 0.15) is 0 Å². The average molecular weight is 207 g/mol.